The monoisotopic (exact) mass is 492 g/mol. The Labute approximate surface area is 208 Å². The Morgan fingerprint density at radius 2 is 1.50 bits per heavy atom. The number of hydrogen-bond donors (Lipinski definition) is 1. The molecule has 3 aromatic carbocycles. The lowest BCUT2D eigenvalue weighted by molar-refractivity contribution is 0.0767. The Kier molecular flexibility index (Phi) is 7.36. The molecule has 6 nitrogen and oxygen atoms in total. The summed E-state index contributed by atoms with van der Waals surface area (Å²) in [6, 6.07) is 21.1. The summed E-state index contributed by atoms with van der Waals surface area (Å²) in [6.07, 6.45) is 0.849. The zero-order valence-electron chi connectivity index (χ0n) is 18.3. The van der Waals surface area contributed by atoms with Crippen molar-refractivity contribution in [3.63, 3.8) is 0 Å². The van der Waals surface area contributed by atoms with Crippen LogP contribution < -0.4 is 10.2 Å². The molecule has 0 unspecified atom stereocenters. The number of nitrogens with one attached hydrogen (secondary N) is 1. The van der Waals surface area contributed by atoms with E-state index in [9.17, 15) is 9.59 Å². The first-order valence-electron chi connectivity index (χ1n) is 10.8. The number of nitrogens with zero attached hydrogens (tertiary/aromatic N) is 3. The lowest BCUT2D eigenvalue weighted by Gasteiger charge is -2.24. The molecule has 1 aliphatic rings. The van der Waals surface area contributed by atoms with Crippen molar-refractivity contribution >= 4 is 46.4 Å². The minimum Gasteiger partial charge on any atom is -0.370 e. The number of anilines is 2. The first-order chi connectivity index (χ1) is 16.4. The van der Waals surface area contributed by atoms with E-state index in [0.29, 0.717) is 52.1 Å². The van der Waals surface area contributed by atoms with Crippen LogP contribution in [0.4, 0.5) is 11.4 Å². The van der Waals surface area contributed by atoms with Gasteiger partial charge in [-0.05, 0) is 73.2 Å². The second-order valence-electron chi connectivity index (χ2n) is 7.98. The van der Waals surface area contributed by atoms with Crippen molar-refractivity contribution in [3.8, 4) is 6.07 Å². The van der Waals surface area contributed by atoms with E-state index in [0.717, 1.165) is 18.7 Å². The van der Waals surface area contributed by atoms with E-state index in [2.05, 4.69) is 16.3 Å². The van der Waals surface area contributed by atoms with E-state index < -0.39 is 0 Å². The molecule has 8 heteroatoms. The maximum atomic E-state index is 13.1. The Bertz CT molecular complexity index is 1220. The molecule has 34 heavy (non-hydrogen) atoms. The number of nitriles is 1. The molecule has 0 radical (unpaired) electrons. The van der Waals surface area contributed by atoms with Crippen LogP contribution in [0.25, 0.3) is 0 Å². The molecule has 4 rings (SSSR count). The third kappa shape index (κ3) is 5.69. The number of amides is 2. The fourth-order valence-corrected chi connectivity index (χ4v) is 4.42. The van der Waals surface area contributed by atoms with Crippen LogP contribution in [0.15, 0.2) is 66.7 Å². The summed E-state index contributed by atoms with van der Waals surface area (Å²) in [5.41, 5.74) is 3.17. The van der Waals surface area contributed by atoms with Gasteiger partial charge in [0.2, 0.25) is 0 Å². The highest BCUT2D eigenvalue weighted by atomic mass is 35.5. The van der Waals surface area contributed by atoms with Gasteiger partial charge in [0.05, 0.1) is 11.6 Å². The predicted octanol–water partition coefficient (Wildman–Crippen LogP) is 5.47. The van der Waals surface area contributed by atoms with E-state index >= 15 is 0 Å². The van der Waals surface area contributed by atoms with E-state index in [1.807, 2.05) is 29.2 Å². The largest absolute Gasteiger partial charge is 0.370 e. The minimum absolute atomic E-state index is 0.0406. The summed E-state index contributed by atoms with van der Waals surface area (Å²) in [7, 11) is 0. The lowest BCUT2D eigenvalue weighted by atomic mass is 10.1. The molecular formula is C26H22Cl2N4O2. The summed E-state index contributed by atoms with van der Waals surface area (Å²) in [5.74, 6) is -0.375. The molecule has 0 bridgehead atoms. The van der Waals surface area contributed by atoms with Gasteiger partial charge < -0.3 is 15.1 Å². The number of carbonyl (C=O) groups is 2. The van der Waals surface area contributed by atoms with Crippen LogP contribution in [-0.2, 0) is 0 Å². The molecule has 2 amide bonds. The van der Waals surface area contributed by atoms with Gasteiger partial charge in [0, 0.05) is 58.7 Å². The van der Waals surface area contributed by atoms with Gasteiger partial charge in [-0.2, -0.15) is 5.26 Å². The molecule has 1 N–H and O–H groups in total. The number of halogens is 2. The topological polar surface area (TPSA) is 76.4 Å². The van der Waals surface area contributed by atoms with Gasteiger partial charge in [0.1, 0.15) is 0 Å². The Balaban J connectivity index is 1.37. The van der Waals surface area contributed by atoms with E-state index in [1.54, 1.807) is 42.5 Å². The van der Waals surface area contributed by atoms with Crippen molar-refractivity contribution < 1.29 is 9.59 Å². The number of hydrogen-bond acceptors (Lipinski definition) is 4. The summed E-state index contributed by atoms with van der Waals surface area (Å²) in [5, 5.41) is 12.5. The zero-order valence-corrected chi connectivity index (χ0v) is 19.8. The summed E-state index contributed by atoms with van der Waals surface area (Å²) >= 11 is 11.9. The normalized spacial score (nSPS) is 13.7. The standard InChI is InChI=1S/C26H22Cl2N4O2/c27-21-14-20(15-22(28)16-21)25(33)30-23-6-4-19(5-7-23)26(34)32-11-1-10-31(12-13-32)24-8-2-18(17-29)3-9-24/h2-9,14-16H,1,10-13H2,(H,30,33). The van der Waals surface area contributed by atoms with E-state index in [4.69, 9.17) is 28.5 Å². The molecule has 0 aromatic heterocycles. The lowest BCUT2D eigenvalue weighted by Crippen LogP contribution is -2.35. The summed E-state index contributed by atoms with van der Waals surface area (Å²) in [4.78, 5) is 29.6. The highest BCUT2D eigenvalue weighted by Gasteiger charge is 2.21. The Hall–Kier alpha value is -3.53. The summed E-state index contributed by atoms with van der Waals surface area (Å²) in [6.45, 7) is 2.83. The smallest absolute Gasteiger partial charge is 0.255 e. The molecule has 1 fully saturated rings. The average molecular weight is 493 g/mol. The Morgan fingerprint density at radius 1 is 0.824 bits per heavy atom. The van der Waals surface area contributed by atoms with Crippen LogP contribution in [0.2, 0.25) is 10.0 Å². The van der Waals surface area contributed by atoms with Crippen LogP contribution in [0.1, 0.15) is 32.7 Å². The van der Waals surface area contributed by atoms with E-state index in [1.165, 1.54) is 0 Å². The molecule has 172 valence electrons. The first kappa shape index (κ1) is 23.6. The van der Waals surface area contributed by atoms with Crippen LogP contribution in [-0.4, -0.2) is 42.9 Å². The predicted molar refractivity (Wildman–Crippen MR) is 135 cm³/mol. The van der Waals surface area contributed by atoms with Gasteiger partial charge in [-0.1, -0.05) is 23.2 Å². The molecule has 3 aromatic rings. The van der Waals surface area contributed by atoms with Crippen molar-refractivity contribution in [2.45, 2.75) is 6.42 Å². The molecule has 1 saturated heterocycles. The number of carbonyl (C=O) groups excluding carboxylic acids is 2. The Morgan fingerprint density at radius 3 is 2.15 bits per heavy atom. The SMILES string of the molecule is N#Cc1ccc(N2CCCN(C(=O)c3ccc(NC(=O)c4cc(Cl)cc(Cl)c4)cc3)CC2)cc1. The van der Waals surface area contributed by atoms with Gasteiger partial charge in [-0.3, -0.25) is 9.59 Å². The molecule has 0 aliphatic carbocycles. The van der Waals surface area contributed by atoms with Crippen molar-refractivity contribution in [2.75, 3.05) is 36.4 Å². The highest BCUT2D eigenvalue weighted by molar-refractivity contribution is 6.35. The van der Waals surface area contributed by atoms with Crippen molar-refractivity contribution in [3.05, 3.63) is 93.5 Å². The molecule has 0 atom stereocenters. The van der Waals surface area contributed by atoms with Crippen LogP contribution in [0.5, 0.6) is 0 Å². The maximum Gasteiger partial charge on any atom is 0.255 e. The number of benzene rings is 3. The second kappa shape index (κ2) is 10.6. The summed E-state index contributed by atoms with van der Waals surface area (Å²) < 4.78 is 0. The van der Waals surface area contributed by atoms with Crippen molar-refractivity contribution in [1.82, 2.24) is 4.90 Å². The molecule has 1 heterocycles. The average Bonchev–Trinajstić information content (AvgIpc) is 3.10. The zero-order chi connectivity index (χ0) is 24.1. The molecule has 0 saturated carbocycles. The van der Waals surface area contributed by atoms with Crippen molar-refractivity contribution in [1.29, 1.82) is 5.26 Å². The van der Waals surface area contributed by atoms with Crippen molar-refractivity contribution in [2.24, 2.45) is 0 Å². The van der Waals surface area contributed by atoms with Crippen LogP contribution in [0, 0.1) is 11.3 Å². The fraction of sp³-hybridized carbons (Fsp3) is 0.192. The maximum absolute atomic E-state index is 13.1. The van der Waals surface area contributed by atoms with Gasteiger partial charge >= 0.3 is 0 Å². The minimum atomic E-state index is -0.334. The quantitative estimate of drug-likeness (QED) is 0.523. The van der Waals surface area contributed by atoms with Crippen LogP contribution >= 0.6 is 23.2 Å². The fourth-order valence-electron chi connectivity index (χ4n) is 3.89. The molecular weight excluding hydrogens is 471 g/mol. The third-order valence-corrected chi connectivity index (χ3v) is 6.10. The van der Waals surface area contributed by atoms with E-state index in [-0.39, 0.29) is 11.8 Å². The second-order valence-corrected chi connectivity index (χ2v) is 8.85. The van der Waals surface area contributed by atoms with Crippen LogP contribution in [0.3, 0.4) is 0 Å². The molecule has 1 aliphatic heterocycles. The first-order valence-corrected chi connectivity index (χ1v) is 11.6. The number of rotatable bonds is 4. The molecule has 0 spiro atoms. The van der Waals surface area contributed by atoms with Gasteiger partial charge in [-0.25, -0.2) is 0 Å². The third-order valence-electron chi connectivity index (χ3n) is 5.66. The van der Waals surface area contributed by atoms with Gasteiger partial charge in [-0.15, -0.1) is 0 Å². The van der Waals surface area contributed by atoms with Gasteiger partial charge in [0.25, 0.3) is 11.8 Å². The van der Waals surface area contributed by atoms with Gasteiger partial charge in [0.15, 0.2) is 0 Å². The highest BCUT2D eigenvalue weighted by Crippen LogP contribution is 2.21.